The average Bonchev–Trinajstić information content (AvgIpc) is 3.80. The van der Waals surface area contributed by atoms with Crippen LogP contribution in [0.25, 0.3) is 66.1 Å². The van der Waals surface area contributed by atoms with Crippen LogP contribution in [0.5, 0.6) is 0 Å². The maximum atomic E-state index is 5.27. The van der Waals surface area contributed by atoms with Crippen molar-refractivity contribution in [3.63, 3.8) is 0 Å². The zero-order valence-corrected chi connectivity index (χ0v) is 31.4. The van der Waals surface area contributed by atoms with Crippen molar-refractivity contribution in [1.82, 2.24) is 14.0 Å². The minimum Gasteiger partial charge on any atom is -0.333 e. The van der Waals surface area contributed by atoms with Gasteiger partial charge in [-0.25, -0.2) is 9.98 Å². The highest BCUT2D eigenvalue weighted by atomic mass is 15.3. The van der Waals surface area contributed by atoms with Gasteiger partial charge < -0.3 is 14.0 Å². The van der Waals surface area contributed by atoms with Gasteiger partial charge in [0.1, 0.15) is 5.84 Å². The Bertz CT molecular complexity index is 3150. The molecule has 8 aromatic carbocycles. The molecule has 270 valence electrons. The lowest BCUT2D eigenvalue weighted by atomic mass is 10.0. The number of fused-ring (bicyclic) bond motifs is 6. The maximum Gasteiger partial charge on any atom is 0.159 e. The molecule has 3 heterocycles. The molecule has 5 nitrogen and oxygen atoms in total. The molecule has 0 spiro atoms. The molecule has 1 aliphatic heterocycles. The lowest BCUT2D eigenvalue weighted by Gasteiger charge is -2.32. The monoisotopic (exact) mass is 731 g/mol. The third-order valence-electron chi connectivity index (χ3n) is 11.3. The Labute approximate surface area is 330 Å². The van der Waals surface area contributed by atoms with E-state index in [-0.39, 0.29) is 6.17 Å². The molecule has 0 N–H and O–H groups in total. The van der Waals surface area contributed by atoms with E-state index in [9.17, 15) is 0 Å². The Balaban J connectivity index is 1.02. The van der Waals surface area contributed by atoms with Crippen LogP contribution in [-0.2, 0) is 0 Å². The van der Waals surface area contributed by atoms with Crippen LogP contribution >= 0.6 is 0 Å². The van der Waals surface area contributed by atoms with Crippen molar-refractivity contribution in [3.8, 4) is 22.5 Å². The van der Waals surface area contributed by atoms with Gasteiger partial charge in [0.05, 0.1) is 22.1 Å². The molecule has 0 saturated carbocycles. The fourth-order valence-corrected chi connectivity index (χ4v) is 8.69. The molecule has 1 unspecified atom stereocenters. The number of hydrogen-bond acceptors (Lipinski definition) is 3. The van der Waals surface area contributed by atoms with Crippen LogP contribution < -0.4 is 0 Å². The van der Waals surface area contributed by atoms with Gasteiger partial charge in [-0.15, -0.1) is 0 Å². The van der Waals surface area contributed by atoms with E-state index in [4.69, 9.17) is 9.98 Å². The molecule has 5 heteroatoms. The van der Waals surface area contributed by atoms with Gasteiger partial charge in [0, 0.05) is 51.1 Å². The molecule has 57 heavy (non-hydrogen) atoms. The molecule has 2 aromatic heterocycles. The second kappa shape index (κ2) is 13.4. The third kappa shape index (κ3) is 5.47. The maximum absolute atomic E-state index is 5.27. The summed E-state index contributed by atoms with van der Waals surface area (Å²) in [7, 11) is 2.09. The molecule has 10 aromatic rings. The largest absolute Gasteiger partial charge is 0.333 e. The summed E-state index contributed by atoms with van der Waals surface area (Å²) in [6, 6.07) is 71.4. The molecule has 1 atom stereocenters. The Kier molecular flexibility index (Phi) is 7.71. The zero-order chi connectivity index (χ0) is 37.9. The van der Waals surface area contributed by atoms with Gasteiger partial charge in [-0.3, -0.25) is 0 Å². The molecule has 11 rings (SSSR count). The molecule has 0 saturated heterocycles. The van der Waals surface area contributed by atoms with Crippen LogP contribution in [0.1, 0.15) is 22.9 Å². The smallest absolute Gasteiger partial charge is 0.159 e. The number of nitrogens with zero attached hydrogens (tertiary/aromatic N) is 5. The van der Waals surface area contributed by atoms with E-state index in [1.54, 1.807) is 0 Å². The summed E-state index contributed by atoms with van der Waals surface area (Å²) in [5.41, 5.74) is 12.5. The van der Waals surface area contributed by atoms with Crippen LogP contribution in [0.15, 0.2) is 210 Å². The van der Waals surface area contributed by atoms with Crippen molar-refractivity contribution in [2.75, 3.05) is 7.05 Å². The quantitative estimate of drug-likeness (QED) is 0.168. The van der Waals surface area contributed by atoms with Crippen LogP contribution in [-0.4, -0.2) is 32.8 Å². The van der Waals surface area contributed by atoms with E-state index >= 15 is 0 Å². The van der Waals surface area contributed by atoms with Crippen molar-refractivity contribution < 1.29 is 0 Å². The van der Waals surface area contributed by atoms with Crippen LogP contribution in [0, 0.1) is 0 Å². The number of benzene rings is 8. The summed E-state index contributed by atoms with van der Waals surface area (Å²) in [6.45, 7) is 0. The Hall–Kier alpha value is -7.50. The molecule has 0 amide bonds. The highest BCUT2D eigenvalue weighted by Gasteiger charge is 2.27. The summed E-state index contributed by atoms with van der Waals surface area (Å²) < 4.78 is 4.78. The van der Waals surface area contributed by atoms with Gasteiger partial charge in [-0.1, -0.05) is 146 Å². The number of rotatable bonds is 6. The second-order valence-corrected chi connectivity index (χ2v) is 14.7. The third-order valence-corrected chi connectivity index (χ3v) is 11.3. The standard InChI is InChI=1S/C52H37N5/c1-55-51(36-18-6-3-7-19-36)53-50(35-16-4-2-5-17-35)54-52(55)39-21-15-23-41(33-39)57-48-29-13-10-26-44(48)45-34-38(30-31-49(45)57)37-20-14-22-40(32-37)56-46-27-11-8-24-42(46)43-25-9-12-28-47(43)56/h2-34,52H,1H3. The molecule has 0 aliphatic carbocycles. The topological polar surface area (TPSA) is 37.8 Å². The van der Waals surface area contributed by atoms with E-state index in [1.807, 2.05) is 24.3 Å². The number of amidine groups is 2. The molecule has 0 bridgehead atoms. The molecule has 0 fully saturated rings. The first-order valence-electron chi connectivity index (χ1n) is 19.4. The Morgan fingerprint density at radius 2 is 0.877 bits per heavy atom. The molecular formula is C52H37N5. The van der Waals surface area contributed by atoms with Gasteiger partial charge in [-0.05, 0) is 71.3 Å². The average molecular weight is 732 g/mol. The first-order valence-corrected chi connectivity index (χ1v) is 19.4. The first kappa shape index (κ1) is 32.9. The number of para-hydroxylation sites is 3. The van der Waals surface area contributed by atoms with Gasteiger partial charge in [0.15, 0.2) is 12.0 Å². The van der Waals surface area contributed by atoms with Crippen LogP contribution in [0.2, 0.25) is 0 Å². The molecule has 0 radical (unpaired) electrons. The van der Waals surface area contributed by atoms with Crippen molar-refractivity contribution >= 4 is 55.3 Å². The minimum atomic E-state index is -0.269. The van der Waals surface area contributed by atoms with Gasteiger partial charge in [0.25, 0.3) is 0 Å². The van der Waals surface area contributed by atoms with Crippen molar-refractivity contribution in [3.05, 3.63) is 217 Å². The fourth-order valence-electron chi connectivity index (χ4n) is 8.69. The molecular weight excluding hydrogens is 695 g/mol. The second-order valence-electron chi connectivity index (χ2n) is 14.7. The lowest BCUT2D eigenvalue weighted by Crippen LogP contribution is -2.35. The summed E-state index contributed by atoms with van der Waals surface area (Å²) in [5.74, 6) is 1.63. The van der Waals surface area contributed by atoms with Gasteiger partial charge in [-0.2, -0.15) is 0 Å². The normalized spacial score (nSPS) is 14.4. The zero-order valence-electron chi connectivity index (χ0n) is 31.4. The van der Waals surface area contributed by atoms with Crippen molar-refractivity contribution in [2.24, 2.45) is 9.98 Å². The minimum absolute atomic E-state index is 0.269. The van der Waals surface area contributed by atoms with E-state index in [1.165, 1.54) is 43.7 Å². The first-order chi connectivity index (χ1) is 28.2. The van der Waals surface area contributed by atoms with Crippen LogP contribution in [0.4, 0.5) is 0 Å². The number of aliphatic imine (C=N–C) groups is 2. The van der Waals surface area contributed by atoms with Crippen molar-refractivity contribution in [2.45, 2.75) is 6.17 Å². The van der Waals surface area contributed by atoms with E-state index in [0.717, 1.165) is 50.8 Å². The summed E-state index contributed by atoms with van der Waals surface area (Å²) in [4.78, 5) is 12.6. The van der Waals surface area contributed by atoms with E-state index in [2.05, 4.69) is 197 Å². The predicted octanol–water partition coefficient (Wildman–Crippen LogP) is 12.4. The fraction of sp³-hybridized carbons (Fsp3) is 0.0385. The van der Waals surface area contributed by atoms with Gasteiger partial charge >= 0.3 is 0 Å². The highest BCUT2D eigenvalue weighted by molar-refractivity contribution is 6.13. The van der Waals surface area contributed by atoms with Gasteiger partial charge in [0.2, 0.25) is 0 Å². The van der Waals surface area contributed by atoms with E-state index < -0.39 is 0 Å². The SMILES string of the molecule is CN1C(c2ccccc2)=NC(c2ccccc2)=NC1c1cccc(-n2c3ccccc3c3cc(-c4cccc(-n5c6ccccc6c6ccccc65)c4)ccc32)c1. The summed E-state index contributed by atoms with van der Waals surface area (Å²) in [5, 5.41) is 4.96. The highest BCUT2D eigenvalue weighted by Crippen LogP contribution is 2.38. The Morgan fingerprint density at radius 3 is 1.53 bits per heavy atom. The van der Waals surface area contributed by atoms with Crippen molar-refractivity contribution in [1.29, 1.82) is 0 Å². The molecule has 1 aliphatic rings. The number of hydrogen-bond donors (Lipinski definition) is 0. The summed E-state index contributed by atoms with van der Waals surface area (Å²) >= 11 is 0. The summed E-state index contributed by atoms with van der Waals surface area (Å²) in [6.07, 6.45) is -0.269. The number of aromatic nitrogens is 2. The van der Waals surface area contributed by atoms with E-state index in [0.29, 0.717) is 0 Å². The van der Waals surface area contributed by atoms with Crippen LogP contribution in [0.3, 0.4) is 0 Å². The lowest BCUT2D eigenvalue weighted by molar-refractivity contribution is 0.383. The Morgan fingerprint density at radius 1 is 0.386 bits per heavy atom. The predicted molar refractivity (Wildman–Crippen MR) is 237 cm³/mol.